The predicted molar refractivity (Wildman–Crippen MR) is 174 cm³/mol. The summed E-state index contributed by atoms with van der Waals surface area (Å²) in [5, 5.41) is 7.68. The van der Waals surface area contributed by atoms with Gasteiger partial charge in [0.2, 0.25) is 0 Å². The summed E-state index contributed by atoms with van der Waals surface area (Å²) >= 11 is 0. The maximum Gasteiger partial charge on any atom is 0.123 e. The van der Waals surface area contributed by atoms with Crippen molar-refractivity contribution in [3.63, 3.8) is 0 Å². The minimum Gasteiger partial charge on any atom is -0.298 e. The Kier molecular flexibility index (Phi) is 9.68. The molecule has 6 heteroatoms. The minimum atomic E-state index is -0.450. The van der Waals surface area contributed by atoms with E-state index < -0.39 is 24.2 Å². The third-order valence-electron chi connectivity index (χ3n) is 8.16. The van der Waals surface area contributed by atoms with E-state index in [-0.39, 0.29) is 23.3 Å². The molecule has 0 unspecified atom stereocenters. The minimum absolute atomic E-state index is 0.355. The van der Waals surface area contributed by atoms with Gasteiger partial charge in [-0.2, -0.15) is 0 Å². The second-order valence-corrected chi connectivity index (χ2v) is 11.2. The molecule has 230 valence electrons. The van der Waals surface area contributed by atoms with Crippen LogP contribution >= 0.6 is 0 Å². The van der Waals surface area contributed by atoms with Gasteiger partial charge in [0.1, 0.15) is 23.3 Å². The Morgan fingerprint density at radius 3 is 0.761 bits per heavy atom. The van der Waals surface area contributed by atoms with E-state index in [0.717, 1.165) is 33.4 Å². The SMILES string of the molecule is Fc1ccc(C(N[C@@H](c2ccccc2)[C@@H](NC(c2ccc(F)cc2)c2ccc(F)cc2)c2ccccc2)c2ccc(F)cc2)cc1. The Labute approximate surface area is 266 Å². The van der Waals surface area contributed by atoms with Crippen LogP contribution in [0.3, 0.4) is 0 Å². The summed E-state index contributed by atoms with van der Waals surface area (Å²) in [5.74, 6) is -1.42. The first-order valence-electron chi connectivity index (χ1n) is 15.1. The van der Waals surface area contributed by atoms with Gasteiger partial charge >= 0.3 is 0 Å². The van der Waals surface area contributed by atoms with Crippen LogP contribution in [-0.2, 0) is 0 Å². The molecule has 0 aliphatic carbocycles. The molecule has 46 heavy (non-hydrogen) atoms. The molecule has 6 rings (SSSR count). The Morgan fingerprint density at radius 2 is 0.522 bits per heavy atom. The van der Waals surface area contributed by atoms with Crippen LogP contribution in [0.15, 0.2) is 158 Å². The van der Waals surface area contributed by atoms with E-state index in [1.807, 2.05) is 60.7 Å². The van der Waals surface area contributed by atoms with E-state index in [1.165, 1.54) is 48.5 Å². The van der Waals surface area contributed by atoms with Crippen molar-refractivity contribution in [1.82, 2.24) is 10.6 Å². The first-order valence-corrected chi connectivity index (χ1v) is 15.1. The number of nitrogens with one attached hydrogen (secondary N) is 2. The number of hydrogen-bond acceptors (Lipinski definition) is 2. The zero-order valence-corrected chi connectivity index (χ0v) is 24.8. The van der Waals surface area contributed by atoms with E-state index in [9.17, 15) is 17.6 Å². The molecule has 0 fully saturated rings. The predicted octanol–water partition coefficient (Wildman–Crippen LogP) is 9.78. The van der Waals surface area contributed by atoms with Gasteiger partial charge in [-0.15, -0.1) is 0 Å². The van der Waals surface area contributed by atoms with Gasteiger partial charge in [-0.05, 0) is 81.9 Å². The van der Waals surface area contributed by atoms with Crippen LogP contribution < -0.4 is 10.6 Å². The van der Waals surface area contributed by atoms with Crippen LogP contribution in [0.5, 0.6) is 0 Å². The van der Waals surface area contributed by atoms with Crippen molar-refractivity contribution in [1.29, 1.82) is 0 Å². The molecule has 2 atom stereocenters. The zero-order chi connectivity index (χ0) is 31.9. The van der Waals surface area contributed by atoms with Crippen molar-refractivity contribution >= 4 is 0 Å². The molecule has 0 saturated heterocycles. The summed E-state index contributed by atoms with van der Waals surface area (Å²) in [5.41, 5.74) is 5.14. The molecule has 0 saturated carbocycles. The van der Waals surface area contributed by atoms with Crippen molar-refractivity contribution in [3.8, 4) is 0 Å². The Hall–Kier alpha value is -5.04. The molecule has 0 bridgehead atoms. The summed E-state index contributed by atoms with van der Waals surface area (Å²) < 4.78 is 56.3. The Morgan fingerprint density at radius 1 is 0.283 bits per heavy atom. The normalized spacial score (nSPS) is 12.7. The highest BCUT2D eigenvalue weighted by molar-refractivity contribution is 5.37. The molecule has 2 N–H and O–H groups in total. The van der Waals surface area contributed by atoms with E-state index in [4.69, 9.17) is 0 Å². The standard InChI is InChI=1S/C40H32F4N2/c41-33-19-11-29(12-20-33)37(30-13-21-34(42)22-14-30)45-39(27-7-3-1-4-8-27)40(28-9-5-2-6-10-28)46-38(31-15-23-35(43)24-16-31)32-17-25-36(44)26-18-32/h1-26,37-40,45-46H/t39-,40-/m0/s1. The van der Waals surface area contributed by atoms with E-state index in [2.05, 4.69) is 10.6 Å². The molecular weight excluding hydrogens is 584 g/mol. The van der Waals surface area contributed by atoms with Gasteiger partial charge in [0.25, 0.3) is 0 Å². The van der Waals surface area contributed by atoms with Gasteiger partial charge in [-0.25, -0.2) is 17.6 Å². The molecule has 0 aliphatic heterocycles. The quantitative estimate of drug-likeness (QED) is 0.142. The highest BCUT2D eigenvalue weighted by Gasteiger charge is 2.31. The number of benzene rings is 6. The van der Waals surface area contributed by atoms with Crippen molar-refractivity contribution in [2.75, 3.05) is 0 Å². The molecule has 6 aromatic rings. The van der Waals surface area contributed by atoms with Crippen LogP contribution in [-0.4, -0.2) is 0 Å². The van der Waals surface area contributed by atoms with Crippen LogP contribution in [0.2, 0.25) is 0 Å². The third-order valence-corrected chi connectivity index (χ3v) is 8.16. The van der Waals surface area contributed by atoms with E-state index in [1.54, 1.807) is 48.5 Å². The first kappa shape index (κ1) is 31.0. The summed E-state index contributed by atoms with van der Waals surface area (Å²) in [7, 11) is 0. The largest absolute Gasteiger partial charge is 0.298 e. The smallest absolute Gasteiger partial charge is 0.123 e. The lowest BCUT2D eigenvalue weighted by Gasteiger charge is -2.36. The topological polar surface area (TPSA) is 24.1 Å². The van der Waals surface area contributed by atoms with Gasteiger partial charge in [-0.1, -0.05) is 109 Å². The second-order valence-electron chi connectivity index (χ2n) is 11.2. The van der Waals surface area contributed by atoms with E-state index in [0.29, 0.717) is 0 Å². The molecule has 6 aromatic carbocycles. The van der Waals surface area contributed by atoms with Gasteiger partial charge in [-0.3, -0.25) is 10.6 Å². The lowest BCUT2D eigenvalue weighted by Crippen LogP contribution is -2.39. The van der Waals surface area contributed by atoms with E-state index >= 15 is 0 Å². The highest BCUT2D eigenvalue weighted by Crippen LogP contribution is 2.37. The molecule has 0 amide bonds. The van der Waals surface area contributed by atoms with Crippen molar-refractivity contribution < 1.29 is 17.6 Å². The number of rotatable bonds is 11. The van der Waals surface area contributed by atoms with Crippen LogP contribution in [0.4, 0.5) is 17.6 Å². The maximum atomic E-state index is 14.1. The van der Waals surface area contributed by atoms with Crippen molar-refractivity contribution in [2.45, 2.75) is 24.2 Å². The fourth-order valence-corrected chi connectivity index (χ4v) is 5.84. The van der Waals surface area contributed by atoms with Gasteiger partial charge in [0, 0.05) is 0 Å². The molecule has 0 heterocycles. The second kappa shape index (κ2) is 14.4. The third kappa shape index (κ3) is 7.42. The number of hydrogen-bond donors (Lipinski definition) is 2. The highest BCUT2D eigenvalue weighted by atomic mass is 19.1. The van der Waals surface area contributed by atoms with Crippen LogP contribution in [0, 0.1) is 23.3 Å². The lowest BCUT2D eigenvalue weighted by atomic mass is 9.88. The first-order chi connectivity index (χ1) is 22.4. The van der Waals surface area contributed by atoms with Gasteiger partial charge < -0.3 is 0 Å². The molecule has 0 radical (unpaired) electrons. The van der Waals surface area contributed by atoms with Crippen LogP contribution in [0.1, 0.15) is 57.5 Å². The molecule has 2 nitrogen and oxygen atoms in total. The Bertz CT molecular complexity index is 1580. The fraction of sp³-hybridized carbons (Fsp3) is 0.100. The summed E-state index contributed by atoms with van der Waals surface area (Å²) in [6, 6.07) is 43.3. The molecule has 0 spiro atoms. The molecule has 0 aliphatic rings. The lowest BCUT2D eigenvalue weighted by molar-refractivity contribution is 0.346. The summed E-state index contributed by atoms with van der Waals surface area (Å²) in [6.45, 7) is 0. The average Bonchev–Trinajstić information content (AvgIpc) is 3.09. The summed E-state index contributed by atoms with van der Waals surface area (Å²) in [4.78, 5) is 0. The monoisotopic (exact) mass is 616 g/mol. The maximum absolute atomic E-state index is 14.1. The zero-order valence-electron chi connectivity index (χ0n) is 24.8. The Balaban J connectivity index is 1.50. The van der Waals surface area contributed by atoms with Crippen molar-refractivity contribution in [3.05, 3.63) is 214 Å². The van der Waals surface area contributed by atoms with Crippen LogP contribution in [0.25, 0.3) is 0 Å². The number of halogens is 4. The van der Waals surface area contributed by atoms with Crippen molar-refractivity contribution in [2.24, 2.45) is 0 Å². The molecule has 0 aromatic heterocycles. The molecular formula is C40H32F4N2. The summed E-state index contributed by atoms with van der Waals surface area (Å²) in [6.07, 6.45) is 0. The van der Waals surface area contributed by atoms with Gasteiger partial charge in [0.15, 0.2) is 0 Å². The fourth-order valence-electron chi connectivity index (χ4n) is 5.84. The van der Waals surface area contributed by atoms with Gasteiger partial charge in [0.05, 0.1) is 24.2 Å². The average molecular weight is 617 g/mol.